The van der Waals surface area contributed by atoms with Gasteiger partial charge in [-0.1, -0.05) is 43.2 Å². The summed E-state index contributed by atoms with van der Waals surface area (Å²) in [5, 5.41) is 0. The van der Waals surface area contributed by atoms with Crippen LogP contribution in [0.2, 0.25) is 0 Å². The lowest BCUT2D eigenvalue weighted by Crippen LogP contribution is -2.24. The van der Waals surface area contributed by atoms with Gasteiger partial charge in [0.15, 0.2) is 22.2 Å². The Kier molecular flexibility index (Phi) is 17.2. The standard InChI is InChI=1S/C10H24N2O4S6/c11-9(1-5-21(13)14)7-19-17-3-4-18-20-8-10(12)2-6-22(15)16/h9-10H,1-8,11-12H2,(H,13,14)(H,15,16)/t9-,10-/m0/s1. The van der Waals surface area contributed by atoms with Gasteiger partial charge in [0.1, 0.15) is 0 Å². The van der Waals surface area contributed by atoms with Crippen LogP contribution < -0.4 is 11.5 Å². The van der Waals surface area contributed by atoms with Crippen LogP contribution in [0.1, 0.15) is 12.8 Å². The predicted molar refractivity (Wildman–Crippen MR) is 106 cm³/mol. The molecule has 0 saturated heterocycles. The van der Waals surface area contributed by atoms with Crippen LogP contribution in [0.25, 0.3) is 0 Å². The van der Waals surface area contributed by atoms with Gasteiger partial charge >= 0.3 is 0 Å². The third-order valence-electron chi connectivity index (χ3n) is 2.31. The van der Waals surface area contributed by atoms with Crippen LogP contribution in [-0.2, 0) is 22.2 Å². The van der Waals surface area contributed by atoms with Gasteiger partial charge < -0.3 is 20.6 Å². The van der Waals surface area contributed by atoms with Crippen molar-refractivity contribution in [1.29, 1.82) is 0 Å². The van der Waals surface area contributed by atoms with E-state index in [1.165, 1.54) is 0 Å². The fourth-order valence-corrected chi connectivity index (χ4v) is 7.35. The molecule has 6 N–H and O–H groups in total. The Morgan fingerprint density at radius 2 is 1.14 bits per heavy atom. The van der Waals surface area contributed by atoms with Crippen molar-refractivity contribution >= 4 is 65.3 Å². The van der Waals surface area contributed by atoms with Gasteiger partial charge in [-0.25, -0.2) is 8.42 Å². The maximum atomic E-state index is 10.5. The molecule has 0 rings (SSSR count). The molecule has 0 saturated carbocycles. The first kappa shape index (κ1) is 23.5. The van der Waals surface area contributed by atoms with Gasteiger partial charge in [-0.05, 0) is 12.8 Å². The van der Waals surface area contributed by atoms with Crippen molar-refractivity contribution in [2.45, 2.75) is 24.9 Å². The molecule has 12 heteroatoms. The normalized spacial score (nSPS) is 17.1. The highest BCUT2D eigenvalue weighted by Gasteiger charge is 2.06. The molecule has 0 fully saturated rings. The van der Waals surface area contributed by atoms with Crippen LogP contribution in [0.5, 0.6) is 0 Å². The SMILES string of the molecule is N[C@@H](CCS(=O)O)CSSCCSSC[C@@H](N)CCS(=O)O. The molecule has 0 spiro atoms. The minimum absolute atomic E-state index is 0.0364. The van der Waals surface area contributed by atoms with E-state index in [2.05, 4.69) is 0 Å². The summed E-state index contributed by atoms with van der Waals surface area (Å²) >= 11 is -3.50. The molecule has 0 aliphatic carbocycles. The summed E-state index contributed by atoms with van der Waals surface area (Å²) in [4.78, 5) is 0. The van der Waals surface area contributed by atoms with E-state index in [1.54, 1.807) is 43.2 Å². The summed E-state index contributed by atoms with van der Waals surface area (Å²) in [6, 6.07) is -0.0728. The van der Waals surface area contributed by atoms with E-state index in [-0.39, 0.29) is 23.6 Å². The Hall–Kier alpha value is 1.54. The Bertz CT molecular complexity index is 296. The Balaban J connectivity index is 3.29. The van der Waals surface area contributed by atoms with Crippen molar-refractivity contribution in [3.05, 3.63) is 0 Å². The van der Waals surface area contributed by atoms with Gasteiger partial charge in [0, 0.05) is 35.1 Å². The lowest BCUT2D eigenvalue weighted by molar-refractivity contribution is 0.556. The van der Waals surface area contributed by atoms with Crippen molar-refractivity contribution < 1.29 is 17.5 Å². The second kappa shape index (κ2) is 16.0. The zero-order valence-electron chi connectivity index (χ0n) is 12.1. The van der Waals surface area contributed by atoms with Crippen LogP contribution in [0.3, 0.4) is 0 Å². The van der Waals surface area contributed by atoms with E-state index in [9.17, 15) is 8.42 Å². The van der Waals surface area contributed by atoms with E-state index in [0.29, 0.717) is 12.8 Å². The smallest absolute Gasteiger partial charge is 0.152 e. The molecule has 0 radical (unpaired) electrons. The van der Waals surface area contributed by atoms with Crippen LogP contribution in [0.15, 0.2) is 0 Å². The first-order chi connectivity index (χ1) is 10.4. The molecule has 0 aromatic carbocycles. The van der Waals surface area contributed by atoms with Crippen LogP contribution in [0, 0.1) is 0 Å². The van der Waals surface area contributed by atoms with Gasteiger partial charge in [-0.15, -0.1) is 0 Å². The predicted octanol–water partition coefficient (Wildman–Crippen LogP) is 1.63. The van der Waals surface area contributed by atoms with Crippen LogP contribution >= 0.6 is 43.2 Å². The lowest BCUT2D eigenvalue weighted by Gasteiger charge is -2.10. The number of hydrogen-bond acceptors (Lipinski definition) is 8. The fourth-order valence-electron chi connectivity index (χ4n) is 1.13. The summed E-state index contributed by atoms with van der Waals surface area (Å²) in [5.74, 6) is 4.03. The molecular formula is C10H24N2O4S6. The highest BCUT2D eigenvalue weighted by molar-refractivity contribution is 8.78. The molecule has 2 unspecified atom stereocenters. The monoisotopic (exact) mass is 428 g/mol. The zero-order chi connectivity index (χ0) is 16.8. The molecule has 0 aliphatic heterocycles. The third kappa shape index (κ3) is 17.9. The van der Waals surface area contributed by atoms with Crippen LogP contribution in [0.4, 0.5) is 0 Å². The van der Waals surface area contributed by atoms with Gasteiger partial charge in [-0.3, -0.25) is 0 Å². The maximum absolute atomic E-state index is 10.5. The second-order valence-electron chi connectivity index (χ2n) is 4.36. The molecule has 0 aromatic rings. The van der Waals surface area contributed by atoms with E-state index in [0.717, 1.165) is 23.0 Å². The molecule has 4 atom stereocenters. The minimum atomic E-state index is -1.75. The average molecular weight is 429 g/mol. The molecular weight excluding hydrogens is 405 g/mol. The van der Waals surface area contributed by atoms with E-state index in [4.69, 9.17) is 20.6 Å². The van der Waals surface area contributed by atoms with Crippen molar-refractivity contribution in [1.82, 2.24) is 0 Å². The quantitative estimate of drug-likeness (QED) is 0.174. The van der Waals surface area contributed by atoms with E-state index in [1.807, 2.05) is 0 Å². The molecule has 0 heterocycles. The van der Waals surface area contributed by atoms with Gasteiger partial charge in [0.25, 0.3) is 0 Å². The van der Waals surface area contributed by atoms with Gasteiger partial charge in [0.2, 0.25) is 0 Å². The average Bonchev–Trinajstić information content (AvgIpc) is 2.45. The van der Waals surface area contributed by atoms with E-state index >= 15 is 0 Å². The molecule has 22 heavy (non-hydrogen) atoms. The Morgan fingerprint density at radius 1 is 0.773 bits per heavy atom. The maximum Gasteiger partial charge on any atom is 0.152 e. The first-order valence-corrected chi connectivity index (χ1v) is 14.1. The largest absolute Gasteiger partial charge is 0.327 e. The summed E-state index contributed by atoms with van der Waals surface area (Å²) < 4.78 is 38.3. The van der Waals surface area contributed by atoms with Gasteiger partial charge in [-0.2, -0.15) is 0 Å². The molecule has 0 aliphatic rings. The van der Waals surface area contributed by atoms with Crippen molar-refractivity contribution in [3.63, 3.8) is 0 Å². The highest BCUT2D eigenvalue weighted by Crippen LogP contribution is 2.27. The number of rotatable bonds is 15. The summed E-state index contributed by atoms with van der Waals surface area (Å²) in [6.45, 7) is 0. The van der Waals surface area contributed by atoms with Gasteiger partial charge in [0.05, 0.1) is 11.5 Å². The number of hydrogen-bond donors (Lipinski definition) is 4. The lowest BCUT2D eigenvalue weighted by atomic mass is 10.3. The van der Waals surface area contributed by atoms with E-state index < -0.39 is 22.2 Å². The minimum Gasteiger partial charge on any atom is -0.327 e. The van der Waals surface area contributed by atoms with Crippen molar-refractivity contribution in [3.8, 4) is 0 Å². The molecule has 6 nitrogen and oxygen atoms in total. The Labute approximate surface area is 153 Å². The van der Waals surface area contributed by atoms with Crippen molar-refractivity contribution in [2.24, 2.45) is 11.5 Å². The topological polar surface area (TPSA) is 127 Å². The molecule has 0 aromatic heterocycles. The second-order valence-corrected chi connectivity index (χ2v) is 11.7. The Morgan fingerprint density at radius 3 is 1.45 bits per heavy atom. The third-order valence-corrected chi connectivity index (χ3v) is 8.76. The fraction of sp³-hybridized carbons (Fsp3) is 1.00. The summed E-state index contributed by atoms with van der Waals surface area (Å²) in [6.07, 6.45) is 1.13. The van der Waals surface area contributed by atoms with Crippen LogP contribution in [-0.4, -0.2) is 64.1 Å². The first-order valence-electron chi connectivity index (χ1n) is 6.56. The molecule has 0 amide bonds. The molecule has 134 valence electrons. The van der Waals surface area contributed by atoms with Crippen molar-refractivity contribution in [2.75, 3.05) is 34.5 Å². The summed E-state index contributed by atoms with van der Waals surface area (Å²) in [7, 11) is 6.88. The molecule has 0 bridgehead atoms. The zero-order valence-corrected chi connectivity index (χ0v) is 17.0. The highest BCUT2D eigenvalue weighted by atomic mass is 33.1. The number of nitrogens with two attached hydrogens (primary N) is 2. The summed E-state index contributed by atoms with van der Waals surface area (Å²) in [5.41, 5.74) is 11.6.